The number of hydrogen-bond donors (Lipinski definition) is 1. The van der Waals surface area contributed by atoms with E-state index in [9.17, 15) is 4.79 Å². The van der Waals surface area contributed by atoms with Crippen LogP contribution in [0.2, 0.25) is 0 Å². The van der Waals surface area contributed by atoms with Gasteiger partial charge in [0.25, 0.3) is 5.91 Å². The smallest absolute Gasteiger partial charge is 0.255 e. The Hall–Kier alpha value is -2.73. The van der Waals surface area contributed by atoms with Crippen LogP contribution in [0.3, 0.4) is 0 Å². The summed E-state index contributed by atoms with van der Waals surface area (Å²) in [6.07, 6.45) is 3.87. The number of pyridine rings is 1. The van der Waals surface area contributed by atoms with Crippen molar-refractivity contribution in [2.45, 2.75) is 38.8 Å². The zero-order valence-electron chi connectivity index (χ0n) is 16.7. The van der Waals surface area contributed by atoms with E-state index in [0.29, 0.717) is 5.56 Å². The highest BCUT2D eigenvalue weighted by atomic mass is 16.2. The Morgan fingerprint density at radius 3 is 2.79 bits per heavy atom. The van der Waals surface area contributed by atoms with Gasteiger partial charge in [-0.1, -0.05) is 30.3 Å². The van der Waals surface area contributed by atoms with Crippen molar-refractivity contribution in [1.29, 1.82) is 0 Å². The van der Waals surface area contributed by atoms with Crippen molar-refractivity contribution in [3.05, 3.63) is 48.2 Å². The monoisotopic (exact) mass is 377 g/mol. The van der Waals surface area contributed by atoms with Crippen LogP contribution in [0.15, 0.2) is 42.6 Å². The summed E-state index contributed by atoms with van der Waals surface area (Å²) in [4.78, 5) is 20.4. The highest BCUT2D eigenvalue weighted by molar-refractivity contribution is 6.06. The molecule has 6 heteroatoms. The third kappa shape index (κ3) is 3.29. The van der Waals surface area contributed by atoms with Gasteiger partial charge in [0.2, 0.25) is 0 Å². The highest BCUT2D eigenvalue weighted by Crippen LogP contribution is 2.29. The van der Waals surface area contributed by atoms with Crippen molar-refractivity contribution < 1.29 is 4.79 Å². The predicted octanol–water partition coefficient (Wildman–Crippen LogP) is 3.50. The maximum atomic E-state index is 13.5. The SMILES string of the molecule is CNCC1CCCN1C(=O)c1cc(-c2ccccc2)nc2c1cnn2C(C)C. The van der Waals surface area contributed by atoms with E-state index in [-0.39, 0.29) is 18.0 Å². The maximum absolute atomic E-state index is 13.5. The van der Waals surface area contributed by atoms with Crippen LogP contribution in [0.5, 0.6) is 0 Å². The van der Waals surface area contributed by atoms with Crippen LogP contribution < -0.4 is 5.32 Å². The van der Waals surface area contributed by atoms with Crippen molar-refractivity contribution in [2.75, 3.05) is 20.1 Å². The molecule has 0 bridgehead atoms. The van der Waals surface area contributed by atoms with Gasteiger partial charge in [-0.2, -0.15) is 5.10 Å². The first-order valence-corrected chi connectivity index (χ1v) is 9.99. The summed E-state index contributed by atoms with van der Waals surface area (Å²) in [6.45, 7) is 5.77. The van der Waals surface area contributed by atoms with Crippen LogP contribution in [0.25, 0.3) is 22.3 Å². The lowest BCUT2D eigenvalue weighted by Gasteiger charge is -2.25. The number of carbonyl (C=O) groups excluding carboxylic acids is 1. The number of aromatic nitrogens is 3. The Kier molecular flexibility index (Phi) is 5.13. The summed E-state index contributed by atoms with van der Waals surface area (Å²) >= 11 is 0. The number of nitrogens with zero attached hydrogens (tertiary/aromatic N) is 4. The van der Waals surface area contributed by atoms with Crippen LogP contribution in [0.4, 0.5) is 0 Å². The summed E-state index contributed by atoms with van der Waals surface area (Å²) in [5, 5.41) is 8.57. The van der Waals surface area contributed by atoms with E-state index in [1.165, 1.54) is 0 Å². The number of likely N-dealkylation sites (tertiary alicyclic amines) is 1. The predicted molar refractivity (Wildman–Crippen MR) is 111 cm³/mol. The van der Waals surface area contributed by atoms with Crippen LogP contribution >= 0.6 is 0 Å². The Balaban J connectivity index is 1.86. The molecular formula is C22H27N5O. The van der Waals surface area contributed by atoms with Crippen molar-refractivity contribution >= 4 is 16.9 Å². The molecule has 1 amide bonds. The standard InChI is InChI=1S/C22H27N5O/c1-15(2)27-21-19(14-24-27)18(12-20(25-21)16-8-5-4-6-9-16)22(28)26-11-7-10-17(26)13-23-3/h4-6,8-9,12,14-15,17,23H,7,10-11,13H2,1-3H3. The fourth-order valence-corrected chi connectivity index (χ4v) is 4.04. The molecule has 0 spiro atoms. The molecule has 3 aromatic rings. The molecule has 146 valence electrons. The normalized spacial score (nSPS) is 17.0. The Labute approximate surface area is 165 Å². The van der Waals surface area contributed by atoms with Crippen LogP contribution in [-0.4, -0.2) is 51.8 Å². The molecule has 2 aromatic heterocycles. The molecule has 4 rings (SSSR count). The third-order valence-electron chi connectivity index (χ3n) is 5.43. The van der Waals surface area contributed by atoms with Gasteiger partial charge >= 0.3 is 0 Å². The number of carbonyl (C=O) groups is 1. The van der Waals surface area contributed by atoms with Gasteiger partial charge in [-0.25, -0.2) is 9.67 Å². The summed E-state index contributed by atoms with van der Waals surface area (Å²) in [6, 6.07) is 12.4. The molecule has 1 fully saturated rings. The van der Waals surface area contributed by atoms with E-state index in [4.69, 9.17) is 4.98 Å². The van der Waals surface area contributed by atoms with Crippen molar-refractivity contribution in [3.63, 3.8) is 0 Å². The molecule has 6 nitrogen and oxygen atoms in total. The molecule has 0 aliphatic carbocycles. The van der Waals surface area contributed by atoms with Crippen molar-refractivity contribution in [3.8, 4) is 11.3 Å². The van der Waals surface area contributed by atoms with E-state index in [1.54, 1.807) is 6.20 Å². The molecular weight excluding hydrogens is 350 g/mol. The van der Waals surface area contributed by atoms with Gasteiger partial charge in [-0.15, -0.1) is 0 Å². The second kappa shape index (κ2) is 7.72. The Morgan fingerprint density at radius 2 is 2.07 bits per heavy atom. The zero-order chi connectivity index (χ0) is 19.7. The summed E-state index contributed by atoms with van der Waals surface area (Å²) in [5.74, 6) is 0.0747. The average Bonchev–Trinajstić information content (AvgIpc) is 3.34. The van der Waals surface area contributed by atoms with Crippen molar-refractivity contribution in [1.82, 2.24) is 25.0 Å². The van der Waals surface area contributed by atoms with Gasteiger partial charge in [-0.3, -0.25) is 4.79 Å². The van der Waals surface area contributed by atoms with Gasteiger partial charge in [0.1, 0.15) is 0 Å². The third-order valence-corrected chi connectivity index (χ3v) is 5.43. The number of nitrogens with one attached hydrogen (secondary N) is 1. The highest BCUT2D eigenvalue weighted by Gasteiger charge is 2.30. The molecule has 28 heavy (non-hydrogen) atoms. The molecule has 1 aromatic carbocycles. The molecule has 1 unspecified atom stereocenters. The quantitative estimate of drug-likeness (QED) is 0.739. The summed E-state index contributed by atoms with van der Waals surface area (Å²) in [5.41, 5.74) is 3.27. The lowest BCUT2D eigenvalue weighted by molar-refractivity contribution is 0.0739. The molecule has 0 saturated carbocycles. The molecule has 1 aliphatic heterocycles. The van der Waals surface area contributed by atoms with Crippen LogP contribution in [-0.2, 0) is 0 Å². The van der Waals surface area contributed by atoms with E-state index >= 15 is 0 Å². The Bertz CT molecular complexity index is 979. The number of fused-ring (bicyclic) bond motifs is 1. The molecule has 3 heterocycles. The lowest BCUT2D eigenvalue weighted by atomic mass is 10.1. The van der Waals surface area contributed by atoms with E-state index in [2.05, 4.69) is 24.3 Å². The molecule has 1 saturated heterocycles. The molecule has 1 aliphatic rings. The topological polar surface area (TPSA) is 63.1 Å². The molecule has 0 radical (unpaired) electrons. The molecule has 1 N–H and O–H groups in total. The first-order chi connectivity index (χ1) is 13.6. The van der Waals surface area contributed by atoms with E-state index in [0.717, 1.165) is 48.2 Å². The summed E-state index contributed by atoms with van der Waals surface area (Å²) in [7, 11) is 1.94. The number of benzene rings is 1. The van der Waals surface area contributed by atoms with E-state index in [1.807, 2.05) is 53.0 Å². The number of likely N-dealkylation sites (N-methyl/N-ethyl adjacent to an activating group) is 1. The first kappa shape index (κ1) is 18.6. The van der Waals surface area contributed by atoms with Crippen LogP contribution in [0.1, 0.15) is 43.1 Å². The fourth-order valence-electron chi connectivity index (χ4n) is 4.04. The minimum absolute atomic E-state index is 0.0747. The van der Waals surface area contributed by atoms with Gasteiger partial charge in [0.15, 0.2) is 5.65 Å². The largest absolute Gasteiger partial charge is 0.334 e. The Morgan fingerprint density at radius 1 is 1.29 bits per heavy atom. The van der Waals surface area contributed by atoms with Gasteiger partial charge in [-0.05, 0) is 39.8 Å². The summed E-state index contributed by atoms with van der Waals surface area (Å²) < 4.78 is 1.90. The zero-order valence-corrected chi connectivity index (χ0v) is 16.7. The fraction of sp³-hybridized carbons (Fsp3) is 0.409. The molecule has 1 atom stereocenters. The van der Waals surface area contributed by atoms with Crippen LogP contribution in [0, 0.1) is 0 Å². The first-order valence-electron chi connectivity index (χ1n) is 9.99. The second-order valence-electron chi connectivity index (χ2n) is 7.69. The maximum Gasteiger partial charge on any atom is 0.255 e. The van der Waals surface area contributed by atoms with E-state index < -0.39 is 0 Å². The minimum atomic E-state index is 0.0747. The van der Waals surface area contributed by atoms with Gasteiger partial charge in [0, 0.05) is 30.7 Å². The second-order valence-corrected chi connectivity index (χ2v) is 7.69. The van der Waals surface area contributed by atoms with Gasteiger partial charge < -0.3 is 10.2 Å². The van der Waals surface area contributed by atoms with Crippen molar-refractivity contribution in [2.24, 2.45) is 0 Å². The lowest BCUT2D eigenvalue weighted by Crippen LogP contribution is -2.40. The van der Waals surface area contributed by atoms with Gasteiger partial charge in [0.05, 0.1) is 22.8 Å². The number of rotatable bonds is 5. The number of hydrogen-bond acceptors (Lipinski definition) is 4. The number of amides is 1. The average molecular weight is 377 g/mol. The minimum Gasteiger partial charge on any atom is -0.334 e.